The Morgan fingerprint density at radius 3 is 2.56 bits per heavy atom. The topological polar surface area (TPSA) is 21.3 Å². The smallest absolute Gasteiger partial charge is 0.118 e. The van der Waals surface area contributed by atoms with Crippen LogP contribution in [0.15, 0.2) is 24.3 Å². The lowest BCUT2D eigenvalue weighted by Gasteiger charge is -2.19. The van der Waals surface area contributed by atoms with Crippen LogP contribution in [0.3, 0.4) is 0 Å². The number of nitrogens with one attached hydrogen (secondary N) is 1. The van der Waals surface area contributed by atoms with Gasteiger partial charge in [-0.05, 0) is 62.4 Å². The Morgan fingerprint density at radius 1 is 1.17 bits per heavy atom. The number of methoxy groups -OCH3 is 1. The van der Waals surface area contributed by atoms with Crippen LogP contribution in [0.2, 0.25) is 0 Å². The van der Waals surface area contributed by atoms with Crippen LogP contribution >= 0.6 is 0 Å². The highest BCUT2D eigenvalue weighted by molar-refractivity contribution is 5.27. The van der Waals surface area contributed by atoms with Crippen LogP contribution in [0.25, 0.3) is 0 Å². The summed E-state index contributed by atoms with van der Waals surface area (Å²) in [6.07, 6.45) is 6.78. The van der Waals surface area contributed by atoms with Crippen molar-refractivity contribution in [3.8, 4) is 5.75 Å². The molecule has 18 heavy (non-hydrogen) atoms. The maximum absolute atomic E-state index is 5.19. The van der Waals surface area contributed by atoms with E-state index in [-0.39, 0.29) is 0 Å². The number of aryl methyl sites for hydroxylation is 1. The van der Waals surface area contributed by atoms with E-state index in [1.807, 2.05) is 0 Å². The van der Waals surface area contributed by atoms with E-state index in [1.165, 1.54) is 44.2 Å². The summed E-state index contributed by atoms with van der Waals surface area (Å²) < 4.78 is 5.19. The number of benzene rings is 1. The summed E-state index contributed by atoms with van der Waals surface area (Å²) in [5, 5.41) is 3.34. The predicted molar refractivity (Wildman–Crippen MR) is 76.1 cm³/mol. The van der Waals surface area contributed by atoms with Crippen molar-refractivity contribution in [2.45, 2.75) is 32.1 Å². The Labute approximate surface area is 111 Å². The highest BCUT2D eigenvalue weighted by atomic mass is 16.5. The third-order valence-corrected chi connectivity index (χ3v) is 4.25. The fourth-order valence-corrected chi connectivity index (χ4v) is 3.17. The maximum Gasteiger partial charge on any atom is 0.118 e. The molecule has 0 saturated heterocycles. The average molecular weight is 247 g/mol. The minimum atomic E-state index is 0.897. The highest BCUT2D eigenvalue weighted by Gasteiger charge is 2.25. The van der Waals surface area contributed by atoms with Gasteiger partial charge in [0.25, 0.3) is 0 Å². The molecular formula is C16H25NO. The molecule has 1 saturated carbocycles. The molecule has 1 fully saturated rings. The minimum Gasteiger partial charge on any atom is -0.497 e. The number of hydrogen-bond donors (Lipinski definition) is 1. The second-order valence-corrected chi connectivity index (χ2v) is 5.40. The van der Waals surface area contributed by atoms with E-state index in [2.05, 4.69) is 36.6 Å². The molecule has 1 aliphatic rings. The Bertz CT molecular complexity index is 347. The Kier molecular flexibility index (Phi) is 5.06. The van der Waals surface area contributed by atoms with Gasteiger partial charge in [0.2, 0.25) is 0 Å². The molecule has 0 aliphatic heterocycles. The molecule has 2 heteroatoms. The lowest BCUT2D eigenvalue weighted by molar-refractivity contribution is 0.355. The quantitative estimate of drug-likeness (QED) is 0.833. The molecule has 2 rings (SSSR count). The average Bonchev–Trinajstić information content (AvgIpc) is 2.85. The van der Waals surface area contributed by atoms with Crippen LogP contribution in [0.4, 0.5) is 0 Å². The van der Waals surface area contributed by atoms with Gasteiger partial charge in [0.05, 0.1) is 7.11 Å². The standard InChI is InChI=1S/C16H25NO/c1-17-12-15-5-3-4-14(15)9-6-13-7-10-16(18-2)11-8-13/h7-8,10-11,14-15,17H,3-6,9,12H2,1-2H3. The summed E-state index contributed by atoms with van der Waals surface area (Å²) in [6.45, 7) is 1.19. The first kappa shape index (κ1) is 13.4. The van der Waals surface area contributed by atoms with Gasteiger partial charge in [-0.15, -0.1) is 0 Å². The molecule has 1 N–H and O–H groups in total. The van der Waals surface area contributed by atoms with Gasteiger partial charge in [0.1, 0.15) is 5.75 Å². The molecule has 2 nitrogen and oxygen atoms in total. The van der Waals surface area contributed by atoms with Crippen LogP contribution in [-0.4, -0.2) is 20.7 Å². The third-order valence-electron chi connectivity index (χ3n) is 4.25. The first-order valence-electron chi connectivity index (χ1n) is 7.11. The first-order chi connectivity index (χ1) is 8.83. The van der Waals surface area contributed by atoms with E-state index in [1.54, 1.807) is 7.11 Å². The first-order valence-corrected chi connectivity index (χ1v) is 7.11. The number of hydrogen-bond acceptors (Lipinski definition) is 2. The SMILES string of the molecule is CNCC1CCCC1CCc1ccc(OC)cc1. The largest absolute Gasteiger partial charge is 0.497 e. The van der Waals surface area contributed by atoms with Gasteiger partial charge < -0.3 is 10.1 Å². The lowest BCUT2D eigenvalue weighted by atomic mass is 9.90. The van der Waals surface area contributed by atoms with Crippen LogP contribution < -0.4 is 10.1 Å². The fraction of sp³-hybridized carbons (Fsp3) is 0.625. The van der Waals surface area contributed by atoms with Gasteiger partial charge in [0, 0.05) is 0 Å². The monoisotopic (exact) mass is 247 g/mol. The highest BCUT2D eigenvalue weighted by Crippen LogP contribution is 2.34. The van der Waals surface area contributed by atoms with Gasteiger partial charge in [-0.2, -0.15) is 0 Å². The van der Waals surface area contributed by atoms with Crippen molar-refractivity contribution in [2.24, 2.45) is 11.8 Å². The molecular weight excluding hydrogens is 222 g/mol. The van der Waals surface area contributed by atoms with E-state index in [4.69, 9.17) is 4.74 Å². The van der Waals surface area contributed by atoms with E-state index < -0.39 is 0 Å². The summed E-state index contributed by atoms with van der Waals surface area (Å²) in [4.78, 5) is 0. The molecule has 0 aromatic heterocycles. The number of rotatable bonds is 6. The van der Waals surface area contributed by atoms with Crippen LogP contribution in [0, 0.1) is 11.8 Å². The zero-order valence-corrected chi connectivity index (χ0v) is 11.6. The minimum absolute atomic E-state index is 0.897. The van der Waals surface area contributed by atoms with Crippen molar-refractivity contribution in [1.82, 2.24) is 5.32 Å². The van der Waals surface area contributed by atoms with Crippen molar-refractivity contribution < 1.29 is 4.74 Å². The van der Waals surface area contributed by atoms with Gasteiger partial charge in [-0.3, -0.25) is 0 Å². The summed E-state index contributed by atoms with van der Waals surface area (Å²) in [7, 11) is 3.79. The fourth-order valence-electron chi connectivity index (χ4n) is 3.17. The normalized spacial score (nSPS) is 23.2. The molecule has 1 aromatic rings. The predicted octanol–water partition coefficient (Wildman–Crippen LogP) is 3.26. The summed E-state index contributed by atoms with van der Waals surface area (Å²) in [6, 6.07) is 8.52. The molecule has 0 heterocycles. The molecule has 0 bridgehead atoms. The van der Waals surface area contributed by atoms with Crippen molar-refractivity contribution >= 4 is 0 Å². The number of ether oxygens (including phenoxy) is 1. The van der Waals surface area contributed by atoms with E-state index >= 15 is 0 Å². The molecule has 0 amide bonds. The van der Waals surface area contributed by atoms with Gasteiger partial charge in [0.15, 0.2) is 0 Å². The molecule has 100 valence electrons. The Hall–Kier alpha value is -1.02. The summed E-state index contributed by atoms with van der Waals surface area (Å²) in [5.41, 5.74) is 1.44. The molecule has 1 aromatic carbocycles. The van der Waals surface area contributed by atoms with Crippen molar-refractivity contribution in [3.05, 3.63) is 29.8 Å². The van der Waals surface area contributed by atoms with Crippen LogP contribution in [0.5, 0.6) is 5.75 Å². The second-order valence-electron chi connectivity index (χ2n) is 5.40. The van der Waals surface area contributed by atoms with Crippen LogP contribution in [0.1, 0.15) is 31.2 Å². The van der Waals surface area contributed by atoms with E-state index in [9.17, 15) is 0 Å². The van der Waals surface area contributed by atoms with Gasteiger partial charge in [-0.1, -0.05) is 25.0 Å². The molecule has 2 atom stereocenters. The summed E-state index contributed by atoms with van der Waals surface area (Å²) in [5.74, 6) is 2.76. The second kappa shape index (κ2) is 6.79. The zero-order valence-electron chi connectivity index (χ0n) is 11.6. The lowest BCUT2D eigenvalue weighted by Crippen LogP contribution is -2.22. The van der Waals surface area contributed by atoms with Crippen LogP contribution in [-0.2, 0) is 6.42 Å². The van der Waals surface area contributed by atoms with Crippen molar-refractivity contribution in [2.75, 3.05) is 20.7 Å². The molecule has 1 aliphatic carbocycles. The molecule has 0 spiro atoms. The summed E-state index contributed by atoms with van der Waals surface area (Å²) >= 11 is 0. The zero-order chi connectivity index (χ0) is 12.8. The Morgan fingerprint density at radius 2 is 1.89 bits per heavy atom. The van der Waals surface area contributed by atoms with Gasteiger partial charge in [-0.25, -0.2) is 0 Å². The maximum atomic E-state index is 5.19. The van der Waals surface area contributed by atoms with Crippen molar-refractivity contribution in [1.29, 1.82) is 0 Å². The molecule has 2 unspecified atom stereocenters. The van der Waals surface area contributed by atoms with E-state index in [0.29, 0.717) is 0 Å². The molecule has 0 radical (unpaired) electrons. The van der Waals surface area contributed by atoms with E-state index in [0.717, 1.165) is 17.6 Å². The van der Waals surface area contributed by atoms with Gasteiger partial charge >= 0.3 is 0 Å². The third kappa shape index (κ3) is 3.49. The Balaban J connectivity index is 1.82. The van der Waals surface area contributed by atoms with Crippen molar-refractivity contribution in [3.63, 3.8) is 0 Å².